The Labute approximate surface area is 41.7 Å². The predicted molar refractivity (Wildman–Crippen MR) is 36.4 cm³/mol. The Morgan fingerprint density at radius 3 is 1.60 bits per heavy atom. The summed E-state index contributed by atoms with van der Waals surface area (Å²) in [5.74, 6) is 0. The van der Waals surface area contributed by atoms with Gasteiger partial charge < -0.3 is 0 Å². The molecule has 0 aliphatic rings. The van der Waals surface area contributed by atoms with Gasteiger partial charge in [-0.25, -0.2) is 10.7 Å². The molecule has 32 valence electrons. The summed E-state index contributed by atoms with van der Waals surface area (Å²) in [7, 11) is 3.03. The summed E-state index contributed by atoms with van der Waals surface area (Å²) in [5, 5.41) is 0. The van der Waals surface area contributed by atoms with Crippen molar-refractivity contribution in [1.82, 2.24) is 0 Å². The average Bonchev–Trinajstić information content (AvgIpc) is 1.41. The van der Waals surface area contributed by atoms with Crippen LogP contribution in [0.15, 0.2) is 0 Å². The van der Waals surface area contributed by atoms with Gasteiger partial charge in [-0.2, -0.15) is 0 Å². The third kappa shape index (κ3) is 4.78. The molecule has 0 radical (unpaired) electrons. The molecule has 0 aliphatic heterocycles. The molecular weight excluding hydrogens is 112 g/mol. The summed E-state index contributed by atoms with van der Waals surface area (Å²) in [6, 6.07) is 0. The molecule has 0 nitrogen and oxygen atoms in total. The highest BCUT2D eigenvalue weighted by atomic mass is 32.5. The van der Waals surface area contributed by atoms with E-state index in [0.717, 1.165) is 0 Å². The van der Waals surface area contributed by atoms with Gasteiger partial charge in [0.1, 0.15) is 0 Å². The number of rotatable bonds is 2. The zero-order chi connectivity index (χ0) is 4.12. The van der Waals surface area contributed by atoms with Crippen molar-refractivity contribution in [2.75, 3.05) is 0 Å². The molecule has 0 saturated carbocycles. The van der Waals surface area contributed by atoms with E-state index in [1.54, 1.807) is 0 Å². The first kappa shape index (κ1) is 5.78. The minimum absolute atomic E-state index is 0.392. The molecule has 0 bridgehead atoms. The van der Waals surface area contributed by atoms with Crippen molar-refractivity contribution in [3.63, 3.8) is 0 Å². The van der Waals surface area contributed by atoms with Gasteiger partial charge in [0.2, 0.25) is 0 Å². The summed E-state index contributed by atoms with van der Waals surface area (Å²) in [4.78, 5) is 0. The van der Waals surface area contributed by atoms with Crippen molar-refractivity contribution in [3.8, 4) is 0 Å². The maximum atomic E-state index is 2.35. The van der Waals surface area contributed by atoms with Crippen LogP contribution in [-0.2, 0) is 0 Å². The van der Waals surface area contributed by atoms with Gasteiger partial charge in [-0.05, 0) is 0 Å². The predicted octanol–water partition coefficient (Wildman–Crippen LogP) is -0.0166. The van der Waals surface area contributed by atoms with E-state index in [1.165, 1.54) is 0 Å². The topological polar surface area (TPSA) is 0 Å². The Morgan fingerprint density at radius 1 is 1.20 bits per heavy atom. The Kier molecular flexibility index (Phi) is 5.53. The molecule has 0 heterocycles. The van der Waals surface area contributed by atoms with Gasteiger partial charge in [0.25, 0.3) is 0 Å². The third-order valence-corrected chi connectivity index (χ3v) is 11.0. The maximum absolute atomic E-state index is 2.35. The fourth-order valence-electron chi connectivity index (χ4n) is 0.204. The van der Waals surface area contributed by atoms with Crippen LogP contribution in [0.1, 0.15) is 0 Å². The quantitative estimate of drug-likeness (QED) is 0.464. The normalized spacial score (nSPS) is 13.2. The van der Waals surface area contributed by atoms with Crippen LogP contribution in [0.4, 0.5) is 0 Å². The van der Waals surface area contributed by atoms with Crippen LogP contribution in [0.3, 0.4) is 0 Å². The van der Waals surface area contributed by atoms with E-state index in [1.807, 2.05) is 0 Å². The molecule has 0 N–H and O–H groups in total. The first-order valence-electron chi connectivity index (χ1n) is 1.99. The van der Waals surface area contributed by atoms with Crippen molar-refractivity contribution in [1.29, 1.82) is 0 Å². The molecule has 0 aromatic carbocycles. The molecule has 3 heteroatoms. The van der Waals surface area contributed by atoms with Crippen LogP contribution < -0.4 is 0 Å². The van der Waals surface area contributed by atoms with Gasteiger partial charge in [0.15, 0.2) is 0 Å². The van der Waals surface area contributed by atoms with Crippen molar-refractivity contribution >= 4 is 28.0 Å². The summed E-state index contributed by atoms with van der Waals surface area (Å²) >= 11 is 0. The van der Waals surface area contributed by atoms with Gasteiger partial charge in [-0.1, -0.05) is 13.1 Å². The lowest BCUT2D eigenvalue weighted by Crippen LogP contribution is -1.73. The smallest absolute Gasteiger partial charge is 0.0742 e. The first-order chi connectivity index (χ1) is 2.41. The molecule has 0 unspecified atom stereocenters. The van der Waals surface area contributed by atoms with Crippen LogP contribution in [0.2, 0.25) is 13.1 Å². The average molecular weight is 122 g/mol. The van der Waals surface area contributed by atoms with E-state index in [9.17, 15) is 0 Å². The fourth-order valence-corrected chi connectivity index (χ4v) is 5.51. The molecule has 0 atom stereocenters. The van der Waals surface area contributed by atoms with Crippen LogP contribution in [-0.4, -0.2) is 17.3 Å². The fraction of sp³-hybridized carbons (Fsp3) is 1.00. The van der Waals surface area contributed by atoms with Crippen molar-refractivity contribution in [3.05, 3.63) is 0 Å². The monoisotopic (exact) mass is 122 g/mol. The molecule has 0 fully saturated rings. The third-order valence-electron chi connectivity index (χ3n) is 0.408. The van der Waals surface area contributed by atoms with E-state index in [-0.39, 0.29) is 0 Å². The van der Waals surface area contributed by atoms with Crippen molar-refractivity contribution < 1.29 is 0 Å². The molecule has 0 saturated heterocycles. The van der Waals surface area contributed by atoms with Crippen molar-refractivity contribution in [2.45, 2.75) is 13.1 Å². The molecule has 0 spiro atoms. The molecule has 0 rings (SSSR count). The minimum atomic E-state index is 0.392. The lowest BCUT2D eigenvalue weighted by molar-refractivity contribution is 2.36. The van der Waals surface area contributed by atoms with Gasteiger partial charge in [-0.15, -0.1) is 0 Å². The molecular formula is C2H10SSi2. The highest BCUT2D eigenvalue weighted by Gasteiger charge is 1.69. The second-order valence-electron chi connectivity index (χ2n) is 0.781. The largest absolute Gasteiger partial charge is 0.222 e. The highest BCUT2D eigenvalue weighted by molar-refractivity contribution is 8.40. The summed E-state index contributed by atoms with van der Waals surface area (Å²) in [5.41, 5.74) is 0. The van der Waals surface area contributed by atoms with Crippen molar-refractivity contribution in [2.24, 2.45) is 0 Å². The molecule has 0 amide bonds. The zero-order valence-electron chi connectivity index (χ0n) is 3.82. The Balaban J connectivity index is 2.19. The Morgan fingerprint density at radius 2 is 1.60 bits per heavy atom. The molecule has 0 aliphatic carbocycles. The van der Waals surface area contributed by atoms with E-state index in [4.69, 9.17) is 0 Å². The Bertz CT molecular complexity index is 15.1. The van der Waals surface area contributed by atoms with Crippen LogP contribution >= 0.6 is 10.7 Å². The van der Waals surface area contributed by atoms with Gasteiger partial charge >= 0.3 is 0 Å². The minimum Gasteiger partial charge on any atom is -0.222 e. The van der Waals surface area contributed by atoms with Gasteiger partial charge in [0, 0.05) is 0 Å². The van der Waals surface area contributed by atoms with E-state index < -0.39 is 0 Å². The number of hydrogen-bond donors (Lipinski definition) is 0. The van der Waals surface area contributed by atoms with Crippen LogP contribution in [0.5, 0.6) is 0 Å². The maximum Gasteiger partial charge on any atom is 0.0742 e. The molecule has 0 aromatic rings. The lowest BCUT2D eigenvalue weighted by Gasteiger charge is -1.79. The van der Waals surface area contributed by atoms with Gasteiger partial charge in [-0.3, -0.25) is 0 Å². The molecule has 5 heavy (non-hydrogen) atoms. The second-order valence-corrected chi connectivity index (χ2v) is 10.7. The lowest BCUT2D eigenvalue weighted by atomic mass is 11.9. The molecule has 0 aromatic heterocycles. The first-order valence-corrected chi connectivity index (χ1v) is 9.44. The van der Waals surface area contributed by atoms with E-state index in [2.05, 4.69) is 23.8 Å². The standard InChI is InChI=1S/C2H10SSi2/c1-4-3-5-2/h4-5H2,1-2H3. The Hall–Kier alpha value is 0.784. The van der Waals surface area contributed by atoms with Crippen LogP contribution in [0.25, 0.3) is 0 Å². The second kappa shape index (κ2) is 4.78. The zero-order valence-corrected chi connectivity index (χ0v) is 7.47. The summed E-state index contributed by atoms with van der Waals surface area (Å²) in [6.07, 6.45) is 0. The summed E-state index contributed by atoms with van der Waals surface area (Å²) in [6.45, 7) is 4.70. The van der Waals surface area contributed by atoms with E-state index >= 15 is 0 Å². The number of hydrogen-bond acceptors (Lipinski definition) is 1. The highest BCUT2D eigenvalue weighted by Crippen LogP contribution is 1.87. The van der Waals surface area contributed by atoms with E-state index in [0.29, 0.717) is 17.3 Å². The summed E-state index contributed by atoms with van der Waals surface area (Å²) < 4.78 is 0. The van der Waals surface area contributed by atoms with Crippen LogP contribution in [0, 0.1) is 0 Å². The van der Waals surface area contributed by atoms with Gasteiger partial charge in [0.05, 0.1) is 17.3 Å². The SMILES string of the molecule is C[SiH2]S[SiH2]C.